The fourth-order valence-corrected chi connectivity index (χ4v) is 4.03. The van der Waals surface area contributed by atoms with E-state index in [2.05, 4.69) is 44.5 Å². The van der Waals surface area contributed by atoms with Crippen molar-refractivity contribution in [1.29, 1.82) is 0 Å². The van der Waals surface area contributed by atoms with Crippen LogP contribution in [0.3, 0.4) is 0 Å². The first-order valence-electron chi connectivity index (χ1n) is 9.37. The van der Waals surface area contributed by atoms with Gasteiger partial charge in [-0.1, -0.05) is 24.3 Å². The number of carbonyl (C=O) groups excluding carboxylic acids is 1. The summed E-state index contributed by atoms with van der Waals surface area (Å²) in [6.45, 7) is 5.93. The molecular weight excluding hydrogens is 356 g/mol. The van der Waals surface area contributed by atoms with Crippen LogP contribution in [-0.2, 0) is 13.1 Å². The van der Waals surface area contributed by atoms with Gasteiger partial charge in [-0.15, -0.1) is 11.3 Å². The van der Waals surface area contributed by atoms with Gasteiger partial charge in [0.05, 0.1) is 10.7 Å². The Morgan fingerprint density at radius 3 is 2.67 bits per heavy atom. The summed E-state index contributed by atoms with van der Waals surface area (Å²) in [4.78, 5) is 22.4. The molecule has 1 fully saturated rings. The van der Waals surface area contributed by atoms with Gasteiger partial charge in [0.2, 0.25) is 0 Å². The van der Waals surface area contributed by atoms with Gasteiger partial charge in [0.25, 0.3) is 5.91 Å². The largest absolute Gasteiger partial charge is 0.357 e. The lowest BCUT2D eigenvalue weighted by Crippen LogP contribution is -2.23. The Morgan fingerprint density at radius 2 is 1.96 bits per heavy atom. The molecule has 0 spiro atoms. The molecule has 0 bridgehead atoms. The molecule has 1 saturated heterocycles. The van der Waals surface area contributed by atoms with Gasteiger partial charge < -0.3 is 10.3 Å². The number of aromatic amines is 1. The van der Waals surface area contributed by atoms with Crippen molar-refractivity contribution in [1.82, 2.24) is 20.2 Å². The molecule has 5 nitrogen and oxygen atoms in total. The van der Waals surface area contributed by atoms with Crippen molar-refractivity contribution in [3.8, 4) is 11.3 Å². The van der Waals surface area contributed by atoms with Gasteiger partial charge in [0.1, 0.15) is 5.69 Å². The summed E-state index contributed by atoms with van der Waals surface area (Å²) in [5.74, 6) is -0.102. The van der Waals surface area contributed by atoms with E-state index >= 15 is 0 Å². The van der Waals surface area contributed by atoms with Crippen LogP contribution in [0.15, 0.2) is 41.9 Å². The average Bonchev–Trinajstić information content (AvgIpc) is 3.42. The van der Waals surface area contributed by atoms with Gasteiger partial charge in [-0.2, -0.15) is 0 Å². The minimum Gasteiger partial charge on any atom is -0.357 e. The third-order valence-corrected chi connectivity index (χ3v) is 5.70. The van der Waals surface area contributed by atoms with Crippen molar-refractivity contribution >= 4 is 17.2 Å². The van der Waals surface area contributed by atoms with Crippen LogP contribution in [0.25, 0.3) is 11.3 Å². The number of hydrogen-bond acceptors (Lipinski definition) is 4. The molecule has 1 aromatic carbocycles. The predicted molar refractivity (Wildman–Crippen MR) is 109 cm³/mol. The molecule has 1 aliphatic rings. The van der Waals surface area contributed by atoms with Gasteiger partial charge in [0.15, 0.2) is 0 Å². The van der Waals surface area contributed by atoms with Crippen LogP contribution >= 0.6 is 11.3 Å². The van der Waals surface area contributed by atoms with Crippen LogP contribution in [0.4, 0.5) is 0 Å². The van der Waals surface area contributed by atoms with Crippen LogP contribution in [0.5, 0.6) is 0 Å². The number of carbonyl (C=O) groups is 1. The molecule has 0 unspecified atom stereocenters. The summed E-state index contributed by atoms with van der Waals surface area (Å²) in [6.07, 6.45) is 4.45. The summed E-state index contributed by atoms with van der Waals surface area (Å²) in [5.41, 5.74) is 4.84. The summed E-state index contributed by atoms with van der Waals surface area (Å²) >= 11 is 1.61. The van der Waals surface area contributed by atoms with E-state index in [0.29, 0.717) is 12.2 Å². The molecule has 27 heavy (non-hydrogen) atoms. The molecule has 1 amide bonds. The number of hydrogen-bond donors (Lipinski definition) is 2. The van der Waals surface area contributed by atoms with E-state index in [1.54, 1.807) is 11.3 Å². The van der Waals surface area contributed by atoms with E-state index in [9.17, 15) is 4.79 Å². The van der Waals surface area contributed by atoms with Crippen molar-refractivity contribution in [2.24, 2.45) is 0 Å². The van der Waals surface area contributed by atoms with Gasteiger partial charge >= 0.3 is 0 Å². The zero-order chi connectivity index (χ0) is 18.6. The molecular formula is C21H24N4OS. The molecule has 0 atom stereocenters. The highest BCUT2D eigenvalue weighted by atomic mass is 32.1. The molecule has 140 valence electrons. The van der Waals surface area contributed by atoms with Crippen molar-refractivity contribution in [2.75, 3.05) is 13.1 Å². The summed E-state index contributed by atoms with van der Waals surface area (Å²) in [5, 5.41) is 6.00. The Balaban J connectivity index is 1.31. The van der Waals surface area contributed by atoms with E-state index in [0.717, 1.165) is 28.4 Å². The Hall–Kier alpha value is -2.44. The van der Waals surface area contributed by atoms with Crippen molar-refractivity contribution in [3.63, 3.8) is 0 Å². The number of rotatable bonds is 6. The van der Waals surface area contributed by atoms with Gasteiger partial charge in [-0.05, 0) is 50.0 Å². The minimum absolute atomic E-state index is 0.102. The number of amides is 1. The number of H-pyrrole nitrogens is 1. The van der Waals surface area contributed by atoms with Crippen molar-refractivity contribution < 1.29 is 4.79 Å². The lowest BCUT2D eigenvalue weighted by atomic mass is 10.1. The quantitative estimate of drug-likeness (QED) is 0.680. The average molecular weight is 381 g/mol. The Bertz CT molecular complexity index is 906. The smallest absolute Gasteiger partial charge is 0.267 e. The Labute approximate surface area is 163 Å². The first-order chi connectivity index (χ1) is 13.2. The molecule has 1 aliphatic heterocycles. The maximum atomic E-state index is 12.4. The number of thiazole rings is 1. The molecule has 0 radical (unpaired) electrons. The molecule has 2 aromatic heterocycles. The van der Waals surface area contributed by atoms with Crippen LogP contribution in [0.2, 0.25) is 0 Å². The molecule has 4 rings (SSSR count). The Morgan fingerprint density at radius 1 is 1.22 bits per heavy atom. The number of benzene rings is 1. The molecule has 0 saturated carbocycles. The summed E-state index contributed by atoms with van der Waals surface area (Å²) in [7, 11) is 0. The highest BCUT2D eigenvalue weighted by Gasteiger charge is 2.12. The van der Waals surface area contributed by atoms with Gasteiger partial charge in [0, 0.05) is 30.2 Å². The van der Waals surface area contributed by atoms with Crippen LogP contribution < -0.4 is 5.32 Å². The first-order valence-corrected chi connectivity index (χ1v) is 10.2. The summed E-state index contributed by atoms with van der Waals surface area (Å²) in [6, 6.07) is 10.4. The van der Waals surface area contributed by atoms with E-state index in [4.69, 9.17) is 0 Å². The second-order valence-electron chi connectivity index (χ2n) is 7.04. The number of nitrogens with zero attached hydrogens (tertiary/aromatic N) is 2. The predicted octanol–water partition coefficient (Wildman–Crippen LogP) is 3.97. The van der Waals surface area contributed by atoms with Gasteiger partial charge in [-0.25, -0.2) is 4.98 Å². The first kappa shape index (κ1) is 17.9. The molecule has 3 aromatic rings. The number of aryl methyl sites for hydroxylation is 1. The lowest BCUT2D eigenvalue weighted by molar-refractivity contribution is 0.0946. The second kappa shape index (κ2) is 8.06. The van der Waals surface area contributed by atoms with Crippen molar-refractivity contribution in [3.05, 3.63) is 63.7 Å². The number of likely N-dealkylation sites (tertiary alicyclic amines) is 1. The van der Waals surface area contributed by atoms with E-state index in [-0.39, 0.29) is 5.91 Å². The SMILES string of the molecule is Cc1nc(-c2c[nH]c(C(=O)NCc3ccc(CN4CCCC4)cc3)c2)cs1. The minimum atomic E-state index is -0.102. The standard InChI is InChI=1S/C21H24N4OS/c1-15-24-20(14-27-15)18-10-19(22-12-18)21(26)23-11-16-4-6-17(7-5-16)13-25-8-2-3-9-25/h4-7,10,12,14,22H,2-3,8-9,11,13H2,1H3,(H,23,26). The highest BCUT2D eigenvalue weighted by molar-refractivity contribution is 7.09. The van der Waals surface area contributed by atoms with E-state index < -0.39 is 0 Å². The maximum absolute atomic E-state index is 12.4. The third-order valence-electron chi connectivity index (χ3n) is 4.92. The molecule has 0 aliphatic carbocycles. The van der Waals surface area contributed by atoms with E-state index in [1.165, 1.54) is 31.5 Å². The van der Waals surface area contributed by atoms with Crippen LogP contribution in [-0.4, -0.2) is 33.9 Å². The van der Waals surface area contributed by atoms with E-state index in [1.807, 2.05) is 24.6 Å². The molecule has 2 N–H and O–H groups in total. The second-order valence-corrected chi connectivity index (χ2v) is 8.10. The van der Waals surface area contributed by atoms with Crippen LogP contribution in [0.1, 0.15) is 39.5 Å². The van der Waals surface area contributed by atoms with Crippen molar-refractivity contribution in [2.45, 2.75) is 32.9 Å². The molecule has 6 heteroatoms. The lowest BCUT2D eigenvalue weighted by Gasteiger charge is -2.14. The summed E-state index contributed by atoms with van der Waals surface area (Å²) < 4.78 is 0. The number of aromatic nitrogens is 2. The monoisotopic (exact) mass is 380 g/mol. The normalized spacial score (nSPS) is 14.6. The van der Waals surface area contributed by atoms with Gasteiger partial charge in [-0.3, -0.25) is 9.69 Å². The Kier molecular flexibility index (Phi) is 5.36. The highest BCUT2D eigenvalue weighted by Crippen LogP contribution is 2.22. The zero-order valence-electron chi connectivity index (χ0n) is 15.5. The number of nitrogens with one attached hydrogen (secondary N) is 2. The fraction of sp³-hybridized carbons (Fsp3) is 0.333. The molecule has 3 heterocycles. The van der Waals surface area contributed by atoms with Crippen LogP contribution in [0, 0.1) is 6.92 Å². The maximum Gasteiger partial charge on any atom is 0.267 e. The fourth-order valence-electron chi connectivity index (χ4n) is 3.41. The third kappa shape index (κ3) is 4.46. The topological polar surface area (TPSA) is 61.0 Å². The zero-order valence-corrected chi connectivity index (χ0v) is 16.3.